The maximum Gasteiger partial charge on any atom is 0.257 e. The van der Waals surface area contributed by atoms with Crippen molar-refractivity contribution in [3.63, 3.8) is 0 Å². The van der Waals surface area contributed by atoms with Gasteiger partial charge >= 0.3 is 0 Å². The van der Waals surface area contributed by atoms with Gasteiger partial charge in [0.1, 0.15) is 11.9 Å². The molecule has 0 spiro atoms. The third-order valence-electron chi connectivity index (χ3n) is 4.42. The lowest BCUT2D eigenvalue weighted by molar-refractivity contribution is -0.137. The number of benzene rings is 2. The standard InChI is InChI=1S/C20H16FN3O3/c1-13(25)23(12-15-2-6-16(21)7-3-15)18-10-19(26)24(20(18)27)17-8-4-14(11-22)5-9-17/h2-9,18H,10,12H2,1H3. The average molecular weight is 365 g/mol. The van der Waals surface area contributed by atoms with Gasteiger partial charge in [0, 0.05) is 13.5 Å². The quantitative estimate of drug-likeness (QED) is 0.779. The van der Waals surface area contributed by atoms with Crippen molar-refractivity contribution in [2.24, 2.45) is 0 Å². The van der Waals surface area contributed by atoms with Crippen molar-refractivity contribution in [3.05, 3.63) is 65.5 Å². The minimum atomic E-state index is -0.921. The fourth-order valence-corrected chi connectivity index (χ4v) is 3.04. The van der Waals surface area contributed by atoms with Crippen molar-refractivity contribution in [3.8, 4) is 6.07 Å². The third-order valence-corrected chi connectivity index (χ3v) is 4.42. The molecule has 1 heterocycles. The van der Waals surface area contributed by atoms with Gasteiger partial charge in [-0.2, -0.15) is 5.26 Å². The third kappa shape index (κ3) is 3.70. The highest BCUT2D eigenvalue weighted by Gasteiger charge is 2.43. The first-order valence-electron chi connectivity index (χ1n) is 8.29. The van der Waals surface area contributed by atoms with Gasteiger partial charge in [0.25, 0.3) is 5.91 Å². The topological polar surface area (TPSA) is 81.5 Å². The van der Waals surface area contributed by atoms with Crippen LogP contribution in [0.1, 0.15) is 24.5 Å². The number of carbonyl (C=O) groups is 3. The zero-order chi connectivity index (χ0) is 19.6. The summed E-state index contributed by atoms with van der Waals surface area (Å²) in [5.74, 6) is -1.67. The Morgan fingerprint density at radius 1 is 1.19 bits per heavy atom. The van der Waals surface area contributed by atoms with Crippen molar-refractivity contribution in [2.45, 2.75) is 25.9 Å². The molecule has 6 nitrogen and oxygen atoms in total. The number of carbonyl (C=O) groups excluding carboxylic acids is 3. The molecule has 1 aliphatic rings. The molecule has 1 saturated heterocycles. The van der Waals surface area contributed by atoms with Gasteiger partial charge in [-0.15, -0.1) is 0 Å². The zero-order valence-corrected chi connectivity index (χ0v) is 14.6. The van der Waals surface area contributed by atoms with Crippen molar-refractivity contribution in [1.29, 1.82) is 5.26 Å². The van der Waals surface area contributed by atoms with E-state index in [0.29, 0.717) is 16.8 Å². The fraction of sp³-hybridized carbons (Fsp3) is 0.200. The van der Waals surface area contributed by atoms with Gasteiger partial charge in [0.15, 0.2) is 0 Å². The minimum Gasteiger partial charge on any atom is -0.326 e. The monoisotopic (exact) mass is 365 g/mol. The molecule has 1 aliphatic heterocycles. The molecule has 2 aromatic rings. The van der Waals surface area contributed by atoms with Gasteiger partial charge in [0.2, 0.25) is 11.8 Å². The average Bonchev–Trinajstić information content (AvgIpc) is 2.95. The Kier molecular flexibility index (Phi) is 4.99. The number of hydrogen-bond acceptors (Lipinski definition) is 4. The first-order valence-corrected chi connectivity index (χ1v) is 8.29. The van der Waals surface area contributed by atoms with Gasteiger partial charge in [-0.3, -0.25) is 14.4 Å². The predicted octanol–water partition coefficient (Wildman–Crippen LogP) is 2.38. The summed E-state index contributed by atoms with van der Waals surface area (Å²) < 4.78 is 13.1. The Bertz CT molecular complexity index is 932. The van der Waals surface area contributed by atoms with Crippen LogP contribution in [0.2, 0.25) is 0 Å². The molecule has 136 valence electrons. The van der Waals surface area contributed by atoms with E-state index in [2.05, 4.69) is 0 Å². The van der Waals surface area contributed by atoms with Crippen molar-refractivity contribution < 1.29 is 18.8 Å². The fourth-order valence-electron chi connectivity index (χ4n) is 3.04. The minimum absolute atomic E-state index is 0.0977. The van der Waals surface area contributed by atoms with Crippen molar-refractivity contribution >= 4 is 23.4 Å². The van der Waals surface area contributed by atoms with Crippen LogP contribution < -0.4 is 4.90 Å². The second kappa shape index (κ2) is 7.38. The molecule has 1 atom stereocenters. The molecule has 0 aliphatic carbocycles. The van der Waals surface area contributed by atoms with Gasteiger partial charge < -0.3 is 4.90 Å². The summed E-state index contributed by atoms with van der Waals surface area (Å²) in [6, 6.07) is 12.8. The summed E-state index contributed by atoms with van der Waals surface area (Å²) in [5.41, 5.74) is 1.43. The first kappa shape index (κ1) is 18.3. The van der Waals surface area contributed by atoms with Crippen LogP contribution in [0.15, 0.2) is 48.5 Å². The van der Waals surface area contributed by atoms with Gasteiger partial charge in [-0.05, 0) is 42.0 Å². The lowest BCUT2D eigenvalue weighted by atomic mass is 10.1. The molecule has 0 bridgehead atoms. The lowest BCUT2D eigenvalue weighted by Gasteiger charge is -2.26. The molecule has 3 amide bonds. The SMILES string of the molecule is CC(=O)N(Cc1ccc(F)cc1)C1CC(=O)N(c2ccc(C#N)cc2)C1=O. The van der Waals surface area contributed by atoms with E-state index in [1.165, 1.54) is 60.4 Å². The second-order valence-corrected chi connectivity index (χ2v) is 6.22. The Balaban J connectivity index is 1.85. The maximum atomic E-state index is 13.1. The smallest absolute Gasteiger partial charge is 0.257 e. The summed E-state index contributed by atoms with van der Waals surface area (Å²) in [6.45, 7) is 1.42. The van der Waals surface area contributed by atoms with Crippen LogP contribution in [0.4, 0.5) is 10.1 Å². The second-order valence-electron chi connectivity index (χ2n) is 6.22. The molecule has 0 saturated carbocycles. The van der Waals surface area contributed by atoms with E-state index in [-0.39, 0.29) is 18.9 Å². The first-order chi connectivity index (χ1) is 12.9. The van der Waals surface area contributed by atoms with Gasteiger partial charge in [-0.1, -0.05) is 12.1 Å². The molecule has 2 aromatic carbocycles. The van der Waals surface area contributed by atoms with E-state index in [4.69, 9.17) is 5.26 Å². The molecule has 27 heavy (non-hydrogen) atoms. The highest BCUT2D eigenvalue weighted by Crippen LogP contribution is 2.27. The van der Waals surface area contributed by atoms with Crippen molar-refractivity contribution in [2.75, 3.05) is 4.90 Å². The molecule has 1 fully saturated rings. The van der Waals surface area contributed by atoms with Crippen LogP contribution in [0, 0.1) is 17.1 Å². The summed E-state index contributed by atoms with van der Waals surface area (Å²) in [6.07, 6.45) is -0.125. The Labute approximate surface area is 155 Å². The Hall–Kier alpha value is -3.53. The number of nitrogens with zero attached hydrogens (tertiary/aromatic N) is 3. The summed E-state index contributed by atoms with van der Waals surface area (Å²) in [5, 5.41) is 8.87. The van der Waals surface area contributed by atoms with Crippen LogP contribution in [0.25, 0.3) is 0 Å². The summed E-state index contributed by atoms with van der Waals surface area (Å²) >= 11 is 0. The number of halogens is 1. The van der Waals surface area contributed by atoms with Crippen molar-refractivity contribution in [1.82, 2.24) is 4.90 Å². The number of rotatable bonds is 4. The Morgan fingerprint density at radius 3 is 2.37 bits per heavy atom. The van der Waals surface area contributed by atoms with E-state index >= 15 is 0 Å². The maximum absolute atomic E-state index is 13.1. The molecule has 3 rings (SSSR count). The molecule has 1 unspecified atom stereocenters. The molecule has 0 N–H and O–H groups in total. The van der Waals surface area contributed by atoms with E-state index in [1.807, 2.05) is 6.07 Å². The summed E-state index contributed by atoms with van der Waals surface area (Å²) in [4.78, 5) is 39.7. The number of nitriles is 1. The number of hydrogen-bond donors (Lipinski definition) is 0. The Morgan fingerprint density at radius 2 is 1.81 bits per heavy atom. The highest BCUT2D eigenvalue weighted by atomic mass is 19.1. The molecule has 0 radical (unpaired) electrons. The van der Waals surface area contributed by atoms with Crippen LogP contribution in [0.3, 0.4) is 0 Å². The number of imide groups is 1. The van der Waals surface area contributed by atoms with E-state index in [9.17, 15) is 18.8 Å². The van der Waals surface area contributed by atoms with Gasteiger partial charge in [-0.25, -0.2) is 9.29 Å². The van der Waals surface area contributed by atoms with Gasteiger partial charge in [0.05, 0.1) is 23.7 Å². The van der Waals surface area contributed by atoms with Crippen LogP contribution in [-0.2, 0) is 20.9 Å². The number of amides is 3. The molecule has 7 heteroatoms. The molecule has 0 aromatic heterocycles. The molecular weight excluding hydrogens is 349 g/mol. The highest BCUT2D eigenvalue weighted by molar-refractivity contribution is 6.23. The van der Waals surface area contributed by atoms with Crippen LogP contribution in [0.5, 0.6) is 0 Å². The van der Waals surface area contributed by atoms with E-state index in [1.54, 1.807) is 0 Å². The largest absolute Gasteiger partial charge is 0.326 e. The summed E-state index contributed by atoms with van der Waals surface area (Å²) in [7, 11) is 0. The van der Waals surface area contributed by atoms with E-state index < -0.39 is 23.7 Å². The molecular formula is C20H16FN3O3. The lowest BCUT2D eigenvalue weighted by Crippen LogP contribution is -2.44. The normalized spacial score (nSPS) is 16.3. The van der Waals surface area contributed by atoms with E-state index in [0.717, 1.165) is 4.90 Å². The zero-order valence-electron chi connectivity index (χ0n) is 14.6. The number of anilines is 1. The van der Waals surface area contributed by atoms with Crippen LogP contribution in [-0.4, -0.2) is 28.7 Å². The predicted molar refractivity (Wildman–Crippen MR) is 94.7 cm³/mol. The van der Waals surface area contributed by atoms with Crippen LogP contribution >= 0.6 is 0 Å².